The summed E-state index contributed by atoms with van der Waals surface area (Å²) in [5.74, 6) is 2.22. The number of amides is 1. The third kappa shape index (κ3) is 5.07. The van der Waals surface area contributed by atoms with Crippen LogP contribution in [0.5, 0.6) is 0 Å². The summed E-state index contributed by atoms with van der Waals surface area (Å²) < 4.78 is 0. The highest BCUT2D eigenvalue weighted by atomic mass is 32.1. The van der Waals surface area contributed by atoms with Crippen molar-refractivity contribution >= 4 is 34.7 Å². The third-order valence-electron chi connectivity index (χ3n) is 5.64. The molecule has 3 heterocycles. The Bertz CT molecular complexity index is 1110. The average Bonchev–Trinajstić information content (AvgIpc) is 3.31. The van der Waals surface area contributed by atoms with Gasteiger partial charge in [0.05, 0.1) is 5.57 Å². The largest absolute Gasteiger partial charge is 0.353 e. The molecule has 0 radical (unpaired) electrons. The molecule has 0 atom stereocenters. The quantitative estimate of drug-likeness (QED) is 0.508. The van der Waals surface area contributed by atoms with Crippen LogP contribution in [-0.2, 0) is 4.79 Å². The van der Waals surface area contributed by atoms with E-state index in [9.17, 15) is 4.79 Å². The zero-order valence-corrected chi connectivity index (χ0v) is 20.0. The third-order valence-corrected chi connectivity index (χ3v) is 6.54. The molecule has 0 aliphatic carbocycles. The maximum absolute atomic E-state index is 13.5. The fourth-order valence-corrected chi connectivity index (χ4v) is 4.63. The number of benzene rings is 1. The molecule has 1 aliphatic heterocycles. The summed E-state index contributed by atoms with van der Waals surface area (Å²) in [5, 5.41) is 2.02. The Morgan fingerprint density at radius 3 is 2.47 bits per heavy atom. The van der Waals surface area contributed by atoms with Crippen LogP contribution in [0.1, 0.15) is 47.3 Å². The molecule has 4 rings (SSSR count). The van der Waals surface area contributed by atoms with E-state index in [1.54, 1.807) is 11.3 Å². The number of carbonyl (C=O) groups excluding carboxylic acids is 1. The molecule has 3 aromatic rings. The van der Waals surface area contributed by atoms with E-state index in [-0.39, 0.29) is 11.8 Å². The van der Waals surface area contributed by atoms with Gasteiger partial charge in [0.15, 0.2) is 0 Å². The Labute approximate surface area is 194 Å². The van der Waals surface area contributed by atoms with Crippen LogP contribution >= 0.6 is 11.3 Å². The molecule has 2 aromatic heterocycles. The minimum atomic E-state index is 0.0929. The van der Waals surface area contributed by atoms with Gasteiger partial charge < -0.3 is 9.80 Å². The van der Waals surface area contributed by atoms with Crippen molar-refractivity contribution in [2.75, 3.05) is 31.1 Å². The van der Waals surface area contributed by atoms with Gasteiger partial charge in [0.2, 0.25) is 0 Å². The maximum atomic E-state index is 13.5. The SMILES string of the molecule is Cc1cccc(C=C(C(=O)N2CCN(c3cc(C)nc(C(C)C)n3)CC2)c2cccs2)c1. The monoisotopic (exact) mass is 446 g/mol. The van der Waals surface area contributed by atoms with Gasteiger partial charge in [0, 0.05) is 48.7 Å². The Kier molecular flexibility index (Phi) is 6.70. The molecule has 0 unspecified atom stereocenters. The van der Waals surface area contributed by atoms with Gasteiger partial charge in [-0.05, 0) is 36.9 Å². The lowest BCUT2D eigenvalue weighted by Gasteiger charge is -2.36. The number of aromatic nitrogens is 2. The molecular weight excluding hydrogens is 416 g/mol. The average molecular weight is 447 g/mol. The fourth-order valence-electron chi connectivity index (χ4n) is 3.90. The highest BCUT2D eigenvalue weighted by molar-refractivity contribution is 7.11. The Hall–Kier alpha value is -2.99. The van der Waals surface area contributed by atoms with E-state index in [0.29, 0.717) is 13.1 Å². The maximum Gasteiger partial charge on any atom is 0.255 e. The van der Waals surface area contributed by atoms with Crippen molar-refractivity contribution in [3.05, 3.63) is 75.4 Å². The number of carbonyl (C=O) groups is 1. The van der Waals surface area contributed by atoms with Crippen LogP contribution in [-0.4, -0.2) is 47.0 Å². The van der Waals surface area contributed by atoms with Crippen molar-refractivity contribution in [2.45, 2.75) is 33.6 Å². The van der Waals surface area contributed by atoms with Crippen molar-refractivity contribution < 1.29 is 4.79 Å². The number of hydrogen-bond donors (Lipinski definition) is 0. The van der Waals surface area contributed by atoms with Gasteiger partial charge in [-0.3, -0.25) is 4.79 Å². The molecule has 1 fully saturated rings. The van der Waals surface area contributed by atoms with Crippen LogP contribution < -0.4 is 4.90 Å². The molecule has 0 spiro atoms. The fraction of sp³-hybridized carbons (Fsp3) is 0.346. The van der Waals surface area contributed by atoms with Gasteiger partial charge in [-0.2, -0.15) is 0 Å². The minimum absolute atomic E-state index is 0.0929. The molecular formula is C26H30N4OS. The van der Waals surface area contributed by atoms with E-state index in [1.165, 1.54) is 5.56 Å². The number of nitrogens with zero attached hydrogens (tertiary/aromatic N) is 4. The van der Waals surface area contributed by atoms with Crippen molar-refractivity contribution in [3.8, 4) is 0 Å². The number of thiophene rings is 1. The van der Waals surface area contributed by atoms with Crippen LogP contribution in [0.15, 0.2) is 47.8 Å². The Balaban J connectivity index is 1.52. The zero-order valence-electron chi connectivity index (χ0n) is 19.2. The van der Waals surface area contributed by atoms with Crippen LogP contribution in [0.2, 0.25) is 0 Å². The van der Waals surface area contributed by atoms with Crippen molar-refractivity contribution in [1.82, 2.24) is 14.9 Å². The summed E-state index contributed by atoms with van der Waals surface area (Å²) in [5.41, 5.74) is 3.99. The number of hydrogen-bond acceptors (Lipinski definition) is 5. The molecule has 32 heavy (non-hydrogen) atoms. The van der Waals surface area contributed by atoms with Gasteiger partial charge in [0.25, 0.3) is 5.91 Å². The lowest BCUT2D eigenvalue weighted by atomic mass is 10.1. The number of aryl methyl sites for hydroxylation is 2. The molecule has 1 aromatic carbocycles. The smallest absolute Gasteiger partial charge is 0.255 e. The highest BCUT2D eigenvalue weighted by Crippen LogP contribution is 2.27. The molecule has 0 N–H and O–H groups in total. The normalized spacial score (nSPS) is 14.8. The Morgan fingerprint density at radius 1 is 1.03 bits per heavy atom. The van der Waals surface area contributed by atoms with Crippen molar-refractivity contribution in [2.24, 2.45) is 0 Å². The lowest BCUT2D eigenvalue weighted by Crippen LogP contribution is -2.49. The predicted octanol–water partition coefficient (Wildman–Crippen LogP) is 5.17. The van der Waals surface area contributed by atoms with Gasteiger partial charge in [-0.15, -0.1) is 11.3 Å². The topological polar surface area (TPSA) is 49.3 Å². The first-order valence-electron chi connectivity index (χ1n) is 11.1. The van der Waals surface area contributed by atoms with Crippen molar-refractivity contribution in [3.63, 3.8) is 0 Å². The Morgan fingerprint density at radius 2 is 1.81 bits per heavy atom. The van der Waals surface area contributed by atoms with E-state index < -0.39 is 0 Å². The van der Waals surface area contributed by atoms with Crippen LogP contribution in [0.3, 0.4) is 0 Å². The predicted molar refractivity (Wildman–Crippen MR) is 133 cm³/mol. The van der Waals surface area contributed by atoms with Crippen molar-refractivity contribution in [1.29, 1.82) is 0 Å². The molecule has 166 valence electrons. The van der Waals surface area contributed by atoms with E-state index in [0.717, 1.165) is 46.4 Å². The van der Waals surface area contributed by atoms with Gasteiger partial charge in [-0.25, -0.2) is 9.97 Å². The van der Waals surface area contributed by atoms with Gasteiger partial charge in [0.1, 0.15) is 11.6 Å². The standard InChI is InChI=1S/C26H30N4OS/c1-18(2)25-27-20(4)16-24(28-25)29-10-12-30(13-11-29)26(31)22(23-9-6-14-32-23)17-21-8-5-7-19(3)15-21/h5-9,14-18H,10-13H2,1-4H3. The van der Waals surface area contributed by atoms with E-state index in [4.69, 9.17) is 4.98 Å². The van der Waals surface area contributed by atoms with E-state index in [1.807, 2.05) is 47.5 Å². The first-order valence-corrected chi connectivity index (χ1v) is 12.0. The molecule has 6 heteroatoms. The summed E-state index contributed by atoms with van der Waals surface area (Å²) in [4.78, 5) is 28.1. The summed E-state index contributed by atoms with van der Waals surface area (Å²) in [6.07, 6.45) is 2.02. The highest BCUT2D eigenvalue weighted by Gasteiger charge is 2.26. The molecule has 0 bridgehead atoms. The summed E-state index contributed by atoms with van der Waals surface area (Å²) in [6.45, 7) is 11.2. The van der Waals surface area contributed by atoms with Crippen LogP contribution in [0.4, 0.5) is 5.82 Å². The second-order valence-corrected chi connectivity index (χ2v) is 9.56. The first kappa shape index (κ1) is 22.2. The zero-order chi connectivity index (χ0) is 22.7. The summed E-state index contributed by atoms with van der Waals surface area (Å²) in [7, 11) is 0. The lowest BCUT2D eigenvalue weighted by molar-refractivity contribution is -0.125. The molecule has 5 nitrogen and oxygen atoms in total. The molecule has 0 saturated carbocycles. The summed E-state index contributed by atoms with van der Waals surface area (Å²) in [6, 6.07) is 14.3. The van der Waals surface area contributed by atoms with Crippen LogP contribution in [0.25, 0.3) is 11.6 Å². The minimum Gasteiger partial charge on any atom is -0.353 e. The van der Waals surface area contributed by atoms with E-state index >= 15 is 0 Å². The number of anilines is 1. The van der Waals surface area contributed by atoms with Crippen LogP contribution in [0, 0.1) is 13.8 Å². The second-order valence-electron chi connectivity index (χ2n) is 8.61. The second kappa shape index (κ2) is 9.65. The van der Waals surface area contributed by atoms with E-state index in [2.05, 4.69) is 48.9 Å². The molecule has 1 amide bonds. The number of rotatable bonds is 5. The first-order chi connectivity index (χ1) is 15.4. The summed E-state index contributed by atoms with van der Waals surface area (Å²) >= 11 is 1.61. The molecule has 1 aliphatic rings. The van der Waals surface area contributed by atoms with Gasteiger partial charge in [-0.1, -0.05) is 49.7 Å². The van der Waals surface area contributed by atoms with Gasteiger partial charge >= 0.3 is 0 Å². The molecule has 1 saturated heterocycles. The number of piperazine rings is 1.